The molecule has 0 saturated carbocycles. The van der Waals surface area contributed by atoms with E-state index in [1.165, 1.54) is 0 Å². The van der Waals surface area contributed by atoms with Gasteiger partial charge in [0.2, 0.25) is 0 Å². The summed E-state index contributed by atoms with van der Waals surface area (Å²) in [5.41, 5.74) is 1.96. The Morgan fingerprint density at radius 3 is 2.22 bits per heavy atom. The number of hydrogen-bond donors (Lipinski definition) is 1. The number of benzene rings is 2. The highest BCUT2D eigenvalue weighted by molar-refractivity contribution is 7.60. The molecule has 0 bridgehead atoms. The Bertz CT molecular complexity index is 552. The van der Waals surface area contributed by atoms with Crippen LogP contribution >= 0.6 is 7.52 Å². The lowest BCUT2D eigenvalue weighted by Gasteiger charge is -2.17. The summed E-state index contributed by atoms with van der Waals surface area (Å²) >= 11 is 0. The predicted molar refractivity (Wildman–Crippen MR) is 75.4 cm³/mol. The Balaban J connectivity index is 2.08. The number of rotatable bonds is 4. The Morgan fingerprint density at radius 2 is 1.61 bits per heavy atom. The molecule has 0 heterocycles. The maximum absolute atomic E-state index is 12.3. The summed E-state index contributed by atoms with van der Waals surface area (Å²) in [7, 11) is -2.90. The number of nitrogens with one attached hydrogen (secondary N) is 1. The van der Waals surface area contributed by atoms with Gasteiger partial charge in [-0.1, -0.05) is 35.9 Å². The van der Waals surface area contributed by atoms with Gasteiger partial charge in [0, 0.05) is 12.4 Å². The van der Waals surface area contributed by atoms with E-state index in [-0.39, 0.29) is 0 Å². The summed E-state index contributed by atoms with van der Waals surface area (Å²) in [5, 5.41) is 2.93. The quantitative estimate of drug-likeness (QED) is 0.833. The third-order valence-electron chi connectivity index (χ3n) is 2.41. The molecule has 0 aliphatic carbocycles. The van der Waals surface area contributed by atoms with E-state index in [0.717, 1.165) is 11.3 Å². The van der Waals surface area contributed by atoms with Crippen LogP contribution in [-0.2, 0) is 4.57 Å². The predicted octanol–water partition coefficient (Wildman–Crippen LogP) is 4.31. The molecule has 0 fully saturated rings. The smallest absolute Gasteiger partial charge is 0.338 e. The lowest BCUT2D eigenvalue weighted by Crippen LogP contribution is -2.02. The van der Waals surface area contributed by atoms with Gasteiger partial charge in [-0.05, 0) is 31.2 Å². The standard InChI is InChI=1S/C14H16NO2P/c1-12-8-10-13(11-9-12)15-18(2,16)17-14-6-4-3-5-7-14/h3-11H,1-2H3,(H,15,16)/t18-/m0/s1. The van der Waals surface area contributed by atoms with Crippen molar-refractivity contribution < 1.29 is 9.09 Å². The van der Waals surface area contributed by atoms with E-state index in [4.69, 9.17) is 4.52 Å². The molecule has 0 radical (unpaired) electrons. The first-order valence-corrected chi connectivity index (χ1v) is 7.79. The Kier molecular flexibility index (Phi) is 3.73. The van der Waals surface area contributed by atoms with Gasteiger partial charge < -0.3 is 9.61 Å². The van der Waals surface area contributed by atoms with E-state index in [1.54, 1.807) is 18.8 Å². The fraction of sp³-hybridized carbons (Fsp3) is 0.143. The highest BCUT2D eigenvalue weighted by Crippen LogP contribution is 2.42. The maximum atomic E-state index is 12.3. The summed E-state index contributed by atoms with van der Waals surface area (Å²) < 4.78 is 17.8. The van der Waals surface area contributed by atoms with Crippen LogP contribution in [0.15, 0.2) is 54.6 Å². The molecule has 0 amide bonds. The van der Waals surface area contributed by atoms with Crippen molar-refractivity contribution in [1.82, 2.24) is 0 Å². The monoisotopic (exact) mass is 261 g/mol. The molecule has 2 aromatic rings. The number of para-hydroxylation sites is 1. The van der Waals surface area contributed by atoms with E-state index in [2.05, 4.69) is 5.09 Å². The van der Waals surface area contributed by atoms with Gasteiger partial charge in [0.25, 0.3) is 0 Å². The third kappa shape index (κ3) is 3.64. The van der Waals surface area contributed by atoms with Crippen LogP contribution in [0.3, 0.4) is 0 Å². The first kappa shape index (κ1) is 12.7. The summed E-state index contributed by atoms with van der Waals surface area (Å²) in [6, 6.07) is 16.9. The molecule has 2 rings (SSSR count). The zero-order chi connectivity index (χ0) is 13.0. The zero-order valence-electron chi connectivity index (χ0n) is 10.5. The zero-order valence-corrected chi connectivity index (χ0v) is 11.4. The fourth-order valence-corrected chi connectivity index (χ4v) is 2.76. The molecule has 0 unspecified atom stereocenters. The van der Waals surface area contributed by atoms with Crippen molar-refractivity contribution in [2.24, 2.45) is 0 Å². The van der Waals surface area contributed by atoms with E-state index in [0.29, 0.717) is 5.75 Å². The largest absolute Gasteiger partial charge is 0.429 e. The lowest BCUT2D eigenvalue weighted by atomic mass is 10.2. The van der Waals surface area contributed by atoms with Crippen molar-refractivity contribution in [1.29, 1.82) is 0 Å². The highest BCUT2D eigenvalue weighted by Gasteiger charge is 2.16. The molecule has 4 heteroatoms. The number of anilines is 1. The molecule has 0 aromatic heterocycles. The van der Waals surface area contributed by atoms with Crippen molar-refractivity contribution >= 4 is 13.2 Å². The van der Waals surface area contributed by atoms with E-state index < -0.39 is 7.52 Å². The van der Waals surface area contributed by atoms with Crippen LogP contribution in [-0.4, -0.2) is 6.66 Å². The Labute approximate surface area is 107 Å². The average molecular weight is 261 g/mol. The first-order chi connectivity index (χ1) is 8.55. The second kappa shape index (κ2) is 5.28. The van der Waals surface area contributed by atoms with Crippen molar-refractivity contribution in [2.75, 3.05) is 11.8 Å². The van der Waals surface area contributed by atoms with Crippen molar-refractivity contribution in [3.63, 3.8) is 0 Å². The van der Waals surface area contributed by atoms with Gasteiger partial charge in [-0.25, -0.2) is 0 Å². The van der Waals surface area contributed by atoms with Crippen LogP contribution in [0.1, 0.15) is 5.56 Å². The van der Waals surface area contributed by atoms with Gasteiger partial charge in [0.15, 0.2) is 0 Å². The SMILES string of the molecule is Cc1ccc(N[P@@](C)(=O)Oc2ccccc2)cc1. The molecule has 3 nitrogen and oxygen atoms in total. The molecular weight excluding hydrogens is 245 g/mol. The van der Waals surface area contributed by atoms with Gasteiger partial charge in [-0.3, -0.25) is 4.57 Å². The maximum Gasteiger partial charge on any atom is 0.338 e. The summed E-state index contributed by atoms with van der Waals surface area (Å²) in [5.74, 6) is 0.600. The fourth-order valence-electron chi connectivity index (χ4n) is 1.57. The van der Waals surface area contributed by atoms with Gasteiger partial charge in [0.05, 0.1) is 0 Å². The number of hydrogen-bond acceptors (Lipinski definition) is 2. The average Bonchev–Trinajstić information content (AvgIpc) is 2.32. The molecule has 0 spiro atoms. The van der Waals surface area contributed by atoms with E-state index in [1.807, 2.05) is 49.4 Å². The molecule has 1 N–H and O–H groups in total. The summed E-state index contributed by atoms with van der Waals surface area (Å²) in [6.45, 7) is 3.58. The van der Waals surface area contributed by atoms with Crippen molar-refractivity contribution in [3.05, 3.63) is 60.2 Å². The van der Waals surface area contributed by atoms with Crippen molar-refractivity contribution in [3.8, 4) is 5.75 Å². The topological polar surface area (TPSA) is 38.3 Å². The van der Waals surface area contributed by atoms with Gasteiger partial charge in [-0.15, -0.1) is 0 Å². The van der Waals surface area contributed by atoms with Crippen molar-refractivity contribution in [2.45, 2.75) is 6.92 Å². The summed E-state index contributed by atoms with van der Waals surface area (Å²) in [4.78, 5) is 0. The number of aryl methyl sites for hydroxylation is 1. The normalized spacial score (nSPS) is 13.7. The summed E-state index contributed by atoms with van der Waals surface area (Å²) in [6.07, 6.45) is 0. The molecular formula is C14H16NO2P. The van der Waals surface area contributed by atoms with Crippen LogP contribution < -0.4 is 9.61 Å². The van der Waals surface area contributed by atoms with Crippen LogP contribution in [0, 0.1) is 6.92 Å². The Hall–Kier alpha value is -1.73. The van der Waals surface area contributed by atoms with Crippen LogP contribution in [0.4, 0.5) is 5.69 Å². The van der Waals surface area contributed by atoms with Gasteiger partial charge in [0.1, 0.15) is 5.75 Å². The molecule has 0 aliphatic rings. The molecule has 0 aliphatic heterocycles. The van der Waals surface area contributed by atoms with Gasteiger partial charge >= 0.3 is 7.52 Å². The van der Waals surface area contributed by atoms with E-state index in [9.17, 15) is 4.57 Å². The lowest BCUT2D eigenvalue weighted by molar-refractivity contribution is 0.493. The van der Waals surface area contributed by atoms with E-state index >= 15 is 0 Å². The minimum atomic E-state index is -2.90. The molecule has 18 heavy (non-hydrogen) atoms. The second-order valence-corrected chi connectivity index (χ2v) is 6.33. The highest BCUT2D eigenvalue weighted by atomic mass is 31.2. The Morgan fingerprint density at radius 1 is 1.00 bits per heavy atom. The molecule has 2 aromatic carbocycles. The first-order valence-electron chi connectivity index (χ1n) is 5.72. The molecule has 1 atom stereocenters. The second-order valence-electron chi connectivity index (χ2n) is 4.23. The third-order valence-corrected chi connectivity index (χ3v) is 3.63. The van der Waals surface area contributed by atoms with Gasteiger partial charge in [-0.2, -0.15) is 0 Å². The molecule has 94 valence electrons. The van der Waals surface area contributed by atoms with Crippen LogP contribution in [0.2, 0.25) is 0 Å². The van der Waals surface area contributed by atoms with Crippen LogP contribution in [0.25, 0.3) is 0 Å². The minimum Gasteiger partial charge on any atom is -0.429 e. The minimum absolute atomic E-state index is 0.600. The van der Waals surface area contributed by atoms with Crippen LogP contribution in [0.5, 0.6) is 5.75 Å². The molecule has 0 saturated heterocycles.